The highest BCUT2D eigenvalue weighted by molar-refractivity contribution is 14.1. The first-order valence-electron chi connectivity index (χ1n) is 5.17. The topological polar surface area (TPSA) is 17.1 Å². The maximum atomic E-state index is 12.1. The molecule has 0 aliphatic rings. The summed E-state index contributed by atoms with van der Waals surface area (Å²) in [4.78, 5) is 13.4. The van der Waals surface area contributed by atoms with Gasteiger partial charge in [-0.2, -0.15) is 0 Å². The second-order valence-corrected chi connectivity index (χ2v) is 6.74. The van der Waals surface area contributed by atoms with Crippen LogP contribution in [0.4, 0.5) is 0 Å². The van der Waals surface area contributed by atoms with Crippen molar-refractivity contribution in [1.29, 1.82) is 0 Å². The van der Waals surface area contributed by atoms with Crippen LogP contribution in [-0.2, 0) is 6.42 Å². The Morgan fingerprint density at radius 3 is 2.88 bits per heavy atom. The second-order valence-electron chi connectivity index (χ2n) is 3.63. The molecule has 0 aliphatic carbocycles. The van der Waals surface area contributed by atoms with E-state index in [1.54, 1.807) is 11.3 Å². The van der Waals surface area contributed by atoms with Crippen molar-refractivity contribution in [2.75, 3.05) is 0 Å². The molecule has 1 aromatic heterocycles. The summed E-state index contributed by atoms with van der Waals surface area (Å²) in [5, 5.41) is 2.04. The van der Waals surface area contributed by atoms with Gasteiger partial charge in [-0.25, -0.2) is 0 Å². The molecule has 0 N–H and O–H groups in total. The molecule has 0 saturated carbocycles. The SMILES string of the molecule is O=C(CCc1cccs1)c1cc(Br)ccc1I. The van der Waals surface area contributed by atoms with Crippen molar-refractivity contribution in [3.8, 4) is 0 Å². The molecule has 4 heteroatoms. The maximum absolute atomic E-state index is 12.1. The first-order valence-corrected chi connectivity index (χ1v) is 7.92. The van der Waals surface area contributed by atoms with Crippen LogP contribution in [0, 0.1) is 3.57 Å². The molecule has 88 valence electrons. The number of hydrogen-bond donors (Lipinski definition) is 0. The van der Waals surface area contributed by atoms with Crippen molar-refractivity contribution in [3.05, 3.63) is 54.2 Å². The van der Waals surface area contributed by atoms with Crippen LogP contribution >= 0.6 is 49.9 Å². The Hall–Kier alpha value is -0.200. The number of Topliss-reactive ketones (excluding diaryl/α,β-unsaturated/α-hetero) is 1. The van der Waals surface area contributed by atoms with E-state index < -0.39 is 0 Å². The molecule has 0 aliphatic heterocycles. The van der Waals surface area contributed by atoms with Gasteiger partial charge in [0, 0.05) is 24.9 Å². The van der Waals surface area contributed by atoms with Gasteiger partial charge < -0.3 is 0 Å². The minimum absolute atomic E-state index is 0.212. The highest BCUT2D eigenvalue weighted by Crippen LogP contribution is 2.21. The van der Waals surface area contributed by atoms with E-state index in [1.165, 1.54) is 4.88 Å². The number of thiophene rings is 1. The number of hydrogen-bond acceptors (Lipinski definition) is 2. The first kappa shape index (κ1) is 13.2. The summed E-state index contributed by atoms with van der Waals surface area (Å²) >= 11 is 7.31. The summed E-state index contributed by atoms with van der Waals surface area (Å²) in [7, 11) is 0. The Kier molecular flexibility index (Phi) is 4.76. The Bertz CT molecular complexity index is 522. The molecule has 0 fully saturated rings. The number of carbonyl (C=O) groups excluding carboxylic acids is 1. The van der Waals surface area contributed by atoms with Crippen LogP contribution < -0.4 is 0 Å². The number of aryl methyl sites for hydroxylation is 1. The fourth-order valence-electron chi connectivity index (χ4n) is 1.54. The summed E-state index contributed by atoms with van der Waals surface area (Å²) in [5.74, 6) is 0.212. The molecular weight excluding hydrogens is 411 g/mol. The van der Waals surface area contributed by atoms with Crippen molar-refractivity contribution in [2.45, 2.75) is 12.8 Å². The van der Waals surface area contributed by atoms with Crippen LogP contribution in [0.2, 0.25) is 0 Å². The Balaban J connectivity index is 2.07. The van der Waals surface area contributed by atoms with Gasteiger partial charge in [0.05, 0.1) is 0 Å². The van der Waals surface area contributed by atoms with E-state index in [4.69, 9.17) is 0 Å². The molecule has 0 amide bonds. The molecule has 0 unspecified atom stereocenters. The summed E-state index contributed by atoms with van der Waals surface area (Å²) in [6, 6.07) is 9.91. The zero-order chi connectivity index (χ0) is 12.3. The van der Waals surface area contributed by atoms with E-state index in [-0.39, 0.29) is 5.78 Å². The number of halogens is 2. The van der Waals surface area contributed by atoms with Crippen LogP contribution in [0.3, 0.4) is 0 Å². The average molecular weight is 421 g/mol. The fourth-order valence-corrected chi connectivity index (χ4v) is 3.24. The van der Waals surface area contributed by atoms with Gasteiger partial charge in [-0.15, -0.1) is 11.3 Å². The molecule has 0 saturated heterocycles. The molecule has 1 aromatic carbocycles. The first-order chi connectivity index (χ1) is 8.16. The van der Waals surface area contributed by atoms with Gasteiger partial charge in [-0.3, -0.25) is 4.79 Å². The zero-order valence-corrected chi connectivity index (χ0v) is 13.5. The predicted molar refractivity (Wildman–Crippen MR) is 83.8 cm³/mol. The number of benzene rings is 1. The summed E-state index contributed by atoms with van der Waals surface area (Å²) in [5.41, 5.74) is 0.816. The Labute approximate surface area is 127 Å². The third-order valence-corrected chi connectivity index (χ3v) is 4.78. The number of rotatable bonds is 4. The highest BCUT2D eigenvalue weighted by atomic mass is 127. The quantitative estimate of drug-likeness (QED) is 0.506. The van der Waals surface area contributed by atoms with E-state index in [0.29, 0.717) is 6.42 Å². The van der Waals surface area contributed by atoms with Crippen LogP contribution in [0.1, 0.15) is 21.7 Å². The maximum Gasteiger partial charge on any atom is 0.164 e. The molecular formula is C13H10BrIOS. The number of carbonyl (C=O) groups is 1. The molecule has 17 heavy (non-hydrogen) atoms. The van der Waals surface area contributed by atoms with Gasteiger partial charge in [0.1, 0.15) is 0 Å². The van der Waals surface area contributed by atoms with Gasteiger partial charge in [-0.1, -0.05) is 22.0 Å². The molecule has 2 rings (SSSR count). The van der Waals surface area contributed by atoms with Crippen LogP contribution in [0.15, 0.2) is 40.2 Å². The average Bonchev–Trinajstić information content (AvgIpc) is 2.82. The van der Waals surface area contributed by atoms with E-state index in [1.807, 2.05) is 29.6 Å². The lowest BCUT2D eigenvalue weighted by atomic mass is 10.1. The largest absolute Gasteiger partial charge is 0.294 e. The Morgan fingerprint density at radius 1 is 1.35 bits per heavy atom. The summed E-state index contributed by atoms with van der Waals surface area (Å²) < 4.78 is 1.97. The zero-order valence-electron chi connectivity index (χ0n) is 8.95. The van der Waals surface area contributed by atoms with E-state index in [9.17, 15) is 4.79 Å². The standard InChI is InChI=1S/C13H10BrIOS/c14-9-3-5-12(15)11(8-9)13(16)6-4-10-2-1-7-17-10/h1-3,5,7-8H,4,6H2. The third-order valence-electron chi connectivity index (χ3n) is 2.41. The fraction of sp³-hybridized carbons (Fsp3) is 0.154. The van der Waals surface area contributed by atoms with Crippen molar-refractivity contribution < 1.29 is 4.79 Å². The normalized spacial score (nSPS) is 10.5. The number of ketones is 1. The monoisotopic (exact) mass is 420 g/mol. The molecule has 1 heterocycles. The smallest absolute Gasteiger partial charge is 0.164 e. The second kappa shape index (κ2) is 6.11. The molecule has 0 radical (unpaired) electrons. The van der Waals surface area contributed by atoms with Gasteiger partial charge >= 0.3 is 0 Å². The van der Waals surface area contributed by atoms with E-state index in [2.05, 4.69) is 44.6 Å². The lowest BCUT2D eigenvalue weighted by molar-refractivity contribution is 0.0982. The molecule has 0 bridgehead atoms. The van der Waals surface area contributed by atoms with Gasteiger partial charge in [0.2, 0.25) is 0 Å². The van der Waals surface area contributed by atoms with Crippen LogP contribution in [0.5, 0.6) is 0 Å². The van der Waals surface area contributed by atoms with Crippen molar-refractivity contribution in [3.63, 3.8) is 0 Å². The van der Waals surface area contributed by atoms with Gasteiger partial charge in [0.15, 0.2) is 5.78 Å². The van der Waals surface area contributed by atoms with Crippen molar-refractivity contribution in [1.82, 2.24) is 0 Å². The highest BCUT2D eigenvalue weighted by Gasteiger charge is 2.10. The minimum Gasteiger partial charge on any atom is -0.294 e. The van der Waals surface area contributed by atoms with Crippen molar-refractivity contribution in [2.24, 2.45) is 0 Å². The van der Waals surface area contributed by atoms with Crippen LogP contribution in [0.25, 0.3) is 0 Å². The lowest BCUT2D eigenvalue weighted by Gasteiger charge is -2.04. The van der Waals surface area contributed by atoms with E-state index in [0.717, 1.165) is 20.0 Å². The molecule has 0 spiro atoms. The summed E-state index contributed by atoms with van der Waals surface area (Å²) in [6.07, 6.45) is 1.41. The third kappa shape index (κ3) is 3.63. The molecule has 1 nitrogen and oxygen atoms in total. The lowest BCUT2D eigenvalue weighted by Crippen LogP contribution is -2.03. The van der Waals surface area contributed by atoms with Gasteiger partial charge in [-0.05, 0) is 58.7 Å². The predicted octanol–water partition coefficient (Wildman–Crippen LogP) is 4.93. The minimum atomic E-state index is 0.212. The van der Waals surface area contributed by atoms with Crippen molar-refractivity contribution >= 4 is 55.6 Å². The van der Waals surface area contributed by atoms with Gasteiger partial charge in [0.25, 0.3) is 0 Å². The molecule has 2 aromatic rings. The Morgan fingerprint density at radius 2 is 2.18 bits per heavy atom. The summed E-state index contributed by atoms with van der Waals surface area (Å²) in [6.45, 7) is 0. The molecule has 0 atom stereocenters. The van der Waals surface area contributed by atoms with Crippen LogP contribution in [-0.4, -0.2) is 5.78 Å². The van der Waals surface area contributed by atoms with E-state index >= 15 is 0 Å².